The van der Waals surface area contributed by atoms with E-state index in [-0.39, 0.29) is 5.56 Å². The van der Waals surface area contributed by atoms with E-state index in [1.807, 2.05) is 37.3 Å². The molecule has 122 valence electrons. The summed E-state index contributed by atoms with van der Waals surface area (Å²) in [5.74, 6) is -0.113. The van der Waals surface area contributed by atoms with E-state index < -0.39 is 5.82 Å². The summed E-state index contributed by atoms with van der Waals surface area (Å²) in [6.07, 6.45) is 0. The van der Waals surface area contributed by atoms with E-state index >= 15 is 0 Å². The van der Waals surface area contributed by atoms with Crippen molar-refractivity contribution in [2.45, 2.75) is 6.92 Å². The summed E-state index contributed by atoms with van der Waals surface area (Å²) in [5, 5.41) is 0.504. The Morgan fingerprint density at radius 3 is 2.48 bits per heavy atom. The van der Waals surface area contributed by atoms with Gasteiger partial charge in [0.15, 0.2) is 5.82 Å². The van der Waals surface area contributed by atoms with Gasteiger partial charge in [-0.15, -0.1) is 0 Å². The fraction of sp³-hybridized carbons (Fsp3) is 0.0476. The maximum atomic E-state index is 14.4. The van der Waals surface area contributed by atoms with Gasteiger partial charge in [0.05, 0.1) is 22.2 Å². The van der Waals surface area contributed by atoms with Crippen LogP contribution < -0.4 is 5.56 Å². The highest BCUT2D eigenvalue weighted by molar-refractivity contribution is 5.80. The van der Waals surface area contributed by atoms with Crippen molar-refractivity contribution in [1.29, 1.82) is 0 Å². The Labute approximate surface area is 144 Å². The van der Waals surface area contributed by atoms with Crippen molar-refractivity contribution in [2.24, 2.45) is 0 Å². The number of hydrogen-bond donors (Lipinski definition) is 0. The molecule has 25 heavy (non-hydrogen) atoms. The Kier molecular flexibility index (Phi) is 3.65. The molecule has 0 saturated heterocycles. The normalized spacial score (nSPS) is 11.0. The predicted molar refractivity (Wildman–Crippen MR) is 97.5 cm³/mol. The van der Waals surface area contributed by atoms with Crippen LogP contribution in [0.2, 0.25) is 0 Å². The summed E-state index contributed by atoms with van der Waals surface area (Å²) in [6.45, 7) is 1.95. The molecule has 0 unspecified atom stereocenters. The fourth-order valence-electron chi connectivity index (χ4n) is 2.96. The summed E-state index contributed by atoms with van der Waals surface area (Å²) < 4.78 is 15.9. The monoisotopic (exact) mass is 330 g/mol. The molecule has 0 fully saturated rings. The van der Waals surface area contributed by atoms with Crippen LogP contribution in [0.5, 0.6) is 0 Å². The number of rotatable bonds is 2. The van der Waals surface area contributed by atoms with E-state index in [9.17, 15) is 9.18 Å². The summed E-state index contributed by atoms with van der Waals surface area (Å²) in [6, 6.07) is 21.0. The van der Waals surface area contributed by atoms with E-state index in [0.717, 1.165) is 5.56 Å². The van der Waals surface area contributed by atoms with Gasteiger partial charge in [-0.3, -0.25) is 9.36 Å². The van der Waals surface area contributed by atoms with Gasteiger partial charge < -0.3 is 0 Å². The first-order valence-corrected chi connectivity index (χ1v) is 7.99. The van der Waals surface area contributed by atoms with Gasteiger partial charge in [-0.05, 0) is 48.9 Å². The van der Waals surface area contributed by atoms with Crippen LogP contribution in [0.15, 0.2) is 77.6 Å². The van der Waals surface area contributed by atoms with Crippen molar-refractivity contribution in [3.63, 3.8) is 0 Å². The van der Waals surface area contributed by atoms with Crippen LogP contribution in [0, 0.1) is 12.7 Å². The van der Waals surface area contributed by atoms with Crippen molar-refractivity contribution in [3.05, 3.63) is 94.5 Å². The average Bonchev–Trinajstić information content (AvgIpc) is 2.62. The van der Waals surface area contributed by atoms with Gasteiger partial charge in [0.1, 0.15) is 5.82 Å². The zero-order valence-electron chi connectivity index (χ0n) is 13.6. The number of aromatic nitrogens is 2. The standard InChI is InChI=1S/C21H15FN2O/c1-14-7-6-8-15(13-14)24-20(16-9-2-4-11-18(16)22)23-19-12-5-3-10-17(19)21(24)25/h2-13H,1H3. The number of nitrogens with zero attached hydrogens (tertiary/aromatic N) is 2. The second-order valence-corrected chi connectivity index (χ2v) is 5.91. The van der Waals surface area contributed by atoms with Gasteiger partial charge in [0, 0.05) is 0 Å². The molecule has 0 amide bonds. The second-order valence-electron chi connectivity index (χ2n) is 5.91. The van der Waals surface area contributed by atoms with Crippen molar-refractivity contribution in [2.75, 3.05) is 0 Å². The molecule has 0 saturated carbocycles. The van der Waals surface area contributed by atoms with Crippen LogP contribution in [0.1, 0.15) is 5.56 Å². The van der Waals surface area contributed by atoms with Gasteiger partial charge in [0.25, 0.3) is 5.56 Å². The predicted octanol–water partition coefficient (Wildman–Crippen LogP) is 4.50. The summed E-state index contributed by atoms with van der Waals surface area (Å²) >= 11 is 0. The molecule has 0 aliphatic heterocycles. The third-order valence-corrected chi connectivity index (χ3v) is 4.15. The molecular formula is C21H15FN2O. The van der Waals surface area contributed by atoms with E-state index in [4.69, 9.17) is 0 Å². The van der Waals surface area contributed by atoms with Crippen LogP contribution in [-0.2, 0) is 0 Å². The lowest BCUT2D eigenvalue weighted by Crippen LogP contribution is -2.22. The summed E-state index contributed by atoms with van der Waals surface area (Å²) in [5.41, 5.74) is 2.31. The Morgan fingerprint density at radius 1 is 0.920 bits per heavy atom. The number of hydrogen-bond acceptors (Lipinski definition) is 2. The molecule has 3 aromatic carbocycles. The van der Waals surface area contributed by atoms with Crippen LogP contribution in [0.3, 0.4) is 0 Å². The lowest BCUT2D eigenvalue weighted by Gasteiger charge is -2.14. The zero-order chi connectivity index (χ0) is 17.4. The molecule has 0 aliphatic rings. The molecule has 4 rings (SSSR count). The minimum Gasteiger partial charge on any atom is -0.268 e. The number of fused-ring (bicyclic) bond motifs is 1. The largest absolute Gasteiger partial charge is 0.268 e. The lowest BCUT2D eigenvalue weighted by atomic mass is 10.1. The average molecular weight is 330 g/mol. The molecule has 0 N–H and O–H groups in total. The van der Waals surface area contributed by atoms with Gasteiger partial charge >= 0.3 is 0 Å². The minimum atomic E-state index is -0.411. The van der Waals surface area contributed by atoms with Crippen LogP contribution >= 0.6 is 0 Å². The molecule has 0 atom stereocenters. The second kappa shape index (κ2) is 5.98. The van der Waals surface area contributed by atoms with Gasteiger partial charge in [-0.1, -0.05) is 36.4 Å². The topological polar surface area (TPSA) is 34.9 Å². The smallest absolute Gasteiger partial charge is 0.266 e. The van der Waals surface area contributed by atoms with Gasteiger partial charge in [-0.2, -0.15) is 0 Å². The molecule has 1 heterocycles. The highest BCUT2D eigenvalue weighted by Crippen LogP contribution is 2.24. The number of benzene rings is 3. The first-order valence-electron chi connectivity index (χ1n) is 7.99. The molecule has 0 bridgehead atoms. The van der Waals surface area contributed by atoms with Crippen LogP contribution in [0.4, 0.5) is 4.39 Å². The lowest BCUT2D eigenvalue weighted by molar-refractivity contribution is 0.629. The van der Waals surface area contributed by atoms with E-state index in [0.29, 0.717) is 28.0 Å². The highest BCUT2D eigenvalue weighted by Gasteiger charge is 2.16. The highest BCUT2D eigenvalue weighted by atomic mass is 19.1. The number of aryl methyl sites for hydroxylation is 1. The SMILES string of the molecule is Cc1cccc(-n2c(-c3ccccc3F)nc3ccccc3c2=O)c1. The summed E-state index contributed by atoms with van der Waals surface area (Å²) in [4.78, 5) is 17.7. The molecule has 4 aromatic rings. The Balaban J connectivity index is 2.16. The van der Waals surface area contributed by atoms with E-state index in [2.05, 4.69) is 4.98 Å². The maximum absolute atomic E-state index is 14.4. The molecule has 3 nitrogen and oxygen atoms in total. The zero-order valence-corrected chi connectivity index (χ0v) is 13.6. The van der Waals surface area contributed by atoms with Gasteiger partial charge in [-0.25, -0.2) is 9.37 Å². The third kappa shape index (κ3) is 2.62. The van der Waals surface area contributed by atoms with Crippen molar-refractivity contribution < 1.29 is 4.39 Å². The molecule has 1 aromatic heterocycles. The molecule has 4 heteroatoms. The molecule has 0 radical (unpaired) electrons. The molecule has 0 spiro atoms. The number of halogens is 1. The molecule has 0 aliphatic carbocycles. The van der Waals surface area contributed by atoms with Crippen molar-refractivity contribution in [1.82, 2.24) is 9.55 Å². The quantitative estimate of drug-likeness (QED) is 0.542. The maximum Gasteiger partial charge on any atom is 0.266 e. The first kappa shape index (κ1) is 15.3. The van der Waals surface area contributed by atoms with Crippen LogP contribution in [0.25, 0.3) is 28.0 Å². The molecular weight excluding hydrogens is 315 g/mol. The summed E-state index contributed by atoms with van der Waals surface area (Å²) in [7, 11) is 0. The van der Waals surface area contributed by atoms with Crippen molar-refractivity contribution in [3.8, 4) is 17.1 Å². The van der Waals surface area contributed by atoms with E-state index in [1.165, 1.54) is 10.6 Å². The van der Waals surface area contributed by atoms with Crippen molar-refractivity contribution >= 4 is 10.9 Å². The van der Waals surface area contributed by atoms with Gasteiger partial charge in [0.2, 0.25) is 0 Å². The minimum absolute atomic E-state index is 0.213. The fourth-order valence-corrected chi connectivity index (χ4v) is 2.96. The first-order chi connectivity index (χ1) is 12.1. The van der Waals surface area contributed by atoms with Crippen LogP contribution in [-0.4, -0.2) is 9.55 Å². The Bertz CT molecular complexity index is 1150. The Hall–Kier alpha value is -3.27. The number of para-hydroxylation sites is 1. The third-order valence-electron chi connectivity index (χ3n) is 4.15. The Morgan fingerprint density at radius 2 is 1.68 bits per heavy atom. The van der Waals surface area contributed by atoms with E-state index in [1.54, 1.807) is 36.4 Å².